The normalized spacial score (nSPS) is 10.2. The van der Waals surface area contributed by atoms with Crippen molar-refractivity contribution in [1.29, 1.82) is 0 Å². The van der Waals surface area contributed by atoms with Gasteiger partial charge in [-0.05, 0) is 17.7 Å². The number of carbonyl (C=O) groups is 1. The molecule has 0 saturated carbocycles. The Morgan fingerprint density at radius 3 is 2.56 bits per heavy atom. The lowest BCUT2D eigenvalue weighted by atomic mass is 10.1. The van der Waals surface area contributed by atoms with Crippen molar-refractivity contribution in [2.24, 2.45) is 0 Å². The van der Waals surface area contributed by atoms with Gasteiger partial charge in [0.25, 0.3) is 0 Å². The summed E-state index contributed by atoms with van der Waals surface area (Å²) in [5.74, 6) is -1.20. The number of aromatic carboxylic acids is 1. The van der Waals surface area contributed by atoms with E-state index in [1.165, 1.54) is 12.1 Å². The van der Waals surface area contributed by atoms with E-state index in [-0.39, 0.29) is 5.75 Å². The standard InChI is InChI=1S/C10H8N2O4/c13-7-3-1-6(2-4-7)5-8-11-9(10(14)15)16-12-8/h1-4,13H,5H2,(H,14,15). The molecular weight excluding hydrogens is 212 g/mol. The third kappa shape index (κ3) is 2.17. The van der Waals surface area contributed by atoms with Crippen LogP contribution in [0.2, 0.25) is 0 Å². The highest BCUT2D eigenvalue weighted by Crippen LogP contribution is 2.12. The van der Waals surface area contributed by atoms with E-state index in [9.17, 15) is 4.79 Å². The first kappa shape index (κ1) is 10.2. The quantitative estimate of drug-likeness (QED) is 0.802. The molecule has 0 radical (unpaired) electrons. The average Bonchev–Trinajstić information content (AvgIpc) is 2.70. The lowest BCUT2D eigenvalue weighted by Crippen LogP contribution is -1.97. The highest BCUT2D eigenvalue weighted by Gasteiger charge is 2.13. The third-order valence-electron chi connectivity index (χ3n) is 1.95. The SMILES string of the molecule is O=C(O)c1nc(Cc2ccc(O)cc2)no1. The summed E-state index contributed by atoms with van der Waals surface area (Å²) in [7, 11) is 0. The molecule has 16 heavy (non-hydrogen) atoms. The smallest absolute Gasteiger partial charge is 0.394 e. The summed E-state index contributed by atoms with van der Waals surface area (Å²) in [5.41, 5.74) is 0.857. The van der Waals surface area contributed by atoms with Gasteiger partial charge in [0.05, 0.1) is 0 Å². The second-order valence-electron chi connectivity index (χ2n) is 3.16. The minimum atomic E-state index is -1.25. The summed E-state index contributed by atoms with van der Waals surface area (Å²) >= 11 is 0. The highest BCUT2D eigenvalue weighted by atomic mass is 16.5. The first-order valence-corrected chi connectivity index (χ1v) is 4.49. The number of phenolic OH excluding ortho intramolecular Hbond substituents is 1. The van der Waals surface area contributed by atoms with Gasteiger partial charge in [0, 0.05) is 6.42 Å². The van der Waals surface area contributed by atoms with Crippen molar-refractivity contribution < 1.29 is 19.5 Å². The summed E-state index contributed by atoms with van der Waals surface area (Å²) < 4.78 is 4.51. The Hall–Kier alpha value is -2.37. The molecular formula is C10H8N2O4. The molecule has 6 heteroatoms. The van der Waals surface area contributed by atoms with Gasteiger partial charge in [-0.2, -0.15) is 4.98 Å². The summed E-state index contributed by atoms with van der Waals surface area (Å²) in [6, 6.07) is 6.47. The van der Waals surface area contributed by atoms with E-state index in [1.807, 2.05) is 0 Å². The largest absolute Gasteiger partial charge is 0.508 e. The number of hydrogen-bond acceptors (Lipinski definition) is 5. The molecule has 0 aliphatic rings. The van der Waals surface area contributed by atoms with Gasteiger partial charge in [-0.1, -0.05) is 17.3 Å². The monoisotopic (exact) mass is 220 g/mol. The Morgan fingerprint density at radius 2 is 2.00 bits per heavy atom. The zero-order valence-corrected chi connectivity index (χ0v) is 8.12. The first-order chi connectivity index (χ1) is 7.65. The maximum atomic E-state index is 10.5. The van der Waals surface area contributed by atoms with Crippen LogP contribution in [0, 0.1) is 0 Å². The number of aromatic nitrogens is 2. The minimum absolute atomic E-state index is 0.170. The van der Waals surface area contributed by atoms with Crippen molar-refractivity contribution in [2.45, 2.75) is 6.42 Å². The second kappa shape index (κ2) is 4.01. The summed E-state index contributed by atoms with van der Waals surface area (Å²) in [5, 5.41) is 21.2. The molecule has 1 aromatic carbocycles. The molecule has 82 valence electrons. The molecule has 0 unspecified atom stereocenters. The van der Waals surface area contributed by atoms with E-state index in [2.05, 4.69) is 14.7 Å². The van der Waals surface area contributed by atoms with Crippen LogP contribution in [0.3, 0.4) is 0 Å². The molecule has 0 aliphatic carbocycles. The van der Waals surface area contributed by atoms with Crippen molar-refractivity contribution in [3.8, 4) is 5.75 Å². The molecule has 2 rings (SSSR count). The van der Waals surface area contributed by atoms with Crippen LogP contribution in [0.1, 0.15) is 22.1 Å². The Labute approximate surface area is 90.2 Å². The molecule has 0 atom stereocenters. The number of hydrogen-bond donors (Lipinski definition) is 2. The van der Waals surface area contributed by atoms with Crippen LogP contribution >= 0.6 is 0 Å². The fourth-order valence-electron chi connectivity index (χ4n) is 1.21. The molecule has 0 saturated heterocycles. The fourth-order valence-corrected chi connectivity index (χ4v) is 1.21. The highest BCUT2D eigenvalue weighted by molar-refractivity contribution is 5.81. The molecule has 0 aliphatic heterocycles. The van der Waals surface area contributed by atoms with Gasteiger partial charge < -0.3 is 14.7 Å². The van der Waals surface area contributed by atoms with E-state index < -0.39 is 11.9 Å². The molecule has 6 nitrogen and oxygen atoms in total. The van der Waals surface area contributed by atoms with Crippen LogP contribution < -0.4 is 0 Å². The van der Waals surface area contributed by atoms with Crippen LogP contribution in [0.4, 0.5) is 0 Å². The fraction of sp³-hybridized carbons (Fsp3) is 0.100. The van der Waals surface area contributed by atoms with E-state index in [0.29, 0.717) is 12.2 Å². The Balaban J connectivity index is 2.14. The molecule has 0 fully saturated rings. The van der Waals surface area contributed by atoms with Crippen LogP contribution in [-0.4, -0.2) is 26.3 Å². The molecule has 2 aromatic rings. The molecule has 0 bridgehead atoms. The maximum absolute atomic E-state index is 10.5. The second-order valence-corrected chi connectivity index (χ2v) is 3.16. The van der Waals surface area contributed by atoms with E-state index in [1.54, 1.807) is 12.1 Å². The van der Waals surface area contributed by atoms with Gasteiger partial charge in [0.1, 0.15) is 5.75 Å². The number of phenols is 1. The van der Waals surface area contributed by atoms with E-state index in [4.69, 9.17) is 10.2 Å². The van der Waals surface area contributed by atoms with Gasteiger partial charge in [-0.3, -0.25) is 0 Å². The van der Waals surface area contributed by atoms with Gasteiger partial charge in [0.15, 0.2) is 5.82 Å². The van der Waals surface area contributed by atoms with Crippen LogP contribution in [-0.2, 0) is 6.42 Å². The molecule has 1 aromatic heterocycles. The predicted molar refractivity (Wildman–Crippen MR) is 52.2 cm³/mol. The average molecular weight is 220 g/mol. The van der Waals surface area contributed by atoms with Crippen LogP contribution in [0.5, 0.6) is 5.75 Å². The summed E-state index contributed by atoms with van der Waals surface area (Å²) in [4.78, 5) is 14.2. The van der Waals surface area contributed by atoms with Crippen molar-refractivity contribution >= 4 is 5.97 Å². The number of aromatic hydroxyl groups is 1. The number of carboxylic acid groups (broad SMARTS) is 1. The van der Waals surface area contributed by atoms with Gasteiger partial charge >= 0.3 is 11.9 Å². The Bertz CT molecular complexity index is 504. The van der Waals surface area contributed by atoms with Gasteiger partial charge in [-0.15, -0.1) is 0 Å². The van der Waals surface area contributed by atoms with Crippen molar-refractivity contribution in [3.63, 3.8) is 0 Å². The lowest BCUT2D eigenvalue weighted by molar-refractivity contribution is 0.0643. The maximum Gasteiger partial charge on any atom is 0.394 e. The summed E-state index contributed by atoms with van der Waals surface area (Å²) in [6.45, 7) is 0. The number of carboxylic acids is 1. The predicted octanol–water partition coefficient (Wildman–Crippen LogP) is 1.06. The minimum Gasteiger partial charge on any atom is -0.508 e. The Morgan fingerprint density at radius 1 is 1.31 bits per heavy atom. The number of rotatable bonds is 3. The Kier molecular flexibility index (Phi) is 2.55. The lowest BCUT2D eigenvalue weighted by Gasteiger charge is -1.96. The van der Waals surface area contributed by atoms with Crippen LogP contribution in [0.25, 0.3) is 0 Å². The van der Waals surface area contributed by atoms with Gasteiger partial charge in [0.2, 0.25) is 0 Å². The third-order valence-corrected chi connectivity index (χ3v) is 1.95. The topological polar surface area (TPSA) is 96.5 Å². The number of nitrogens with zero attached hydrogens (tertiary/aromatic N) is 2. The van der Waals surface area contributed by atoms with Crippen molar-refractivity contribution in [3.05, 3.63) is 41.5 Å². The van der Waals surface area contributed by atoms with Crippen molar-refractivity contribution in [2.75, 3.05) is 0 Å². The molecule has 2 N–H and O–H groups in total. The molecule has 0 spiro atoms. The summed E-state index contributed by atoms with van der Waals surface area (Å²) in [6.07, 6.45) is 0.358. The molecule has 0 amide bonds. The van der Waals surface area contributed by atoms with Crippen LogP contribution in [0.15, 0.2) is 28.8 Å². The van der Waals surface area contributed by atoms with Crippen molar-refractivity contribution in [1.82, 2.24) is 10.1 Å². The number of benzene rings is 1. The van der Waals surface area contributed by atoms with Gasteiger partial charge in [-0.25, -0.2) is 4.79 Å². The van der Waals surface area contributed by atoms with E-state index >= 15 is 0 Å². The first-order valence-electron chi connectivity index (χ1n) is 4.49. The zero-order chi connectivity index (χ0) is 11.5. The zero-order valence-electron chi connectivity index (χ0n) is 8.12. The van der Waals surface area contributed by atoms with E-state index in [0.717, 1.165) is 5.56 Å². The molecule has 1 heterocycles.